The third kappa shape index (κ3) is 1.91. The summed E-state index contributed by atoms with van der Waals surface area (Å²) in [6, 6.07) is 0. The van der Waals surface area contributed by atoms with Gasteiger partial charge in [0, 0.05) is 11.0 Å². The first-order chi connectivity index (χ1) is 10.0. The lowest BCUT2D eigenvalue weighted by atomic mass is 9.70. The summed E-state index contributed by atoms with van der Waals surface area (Å²) in [5, 5.41) is 9.54. The summed E-state index contributed by atoms with van der Waals surface area (Å²) in [5.41, 5.74) is -3.10. The van der Waals surface area contributed by atoms with Crippen molar-refractivity contribution in [1.29, 1.82) is 0 Å². The van der Waals surface area contributed by atoms with Crippen molar-refractivity contribution >= 4 is 5.78 Å². The van der Waals surface area contributed by atoms with Crippen LogP contribution in [0, 0.1) is 16.7 Å². The predicted octanol–water partition coefficient (Wildman–Crippen LogP) is 4.66. The first kappa shape index (κ1) is 18.1. The van der Waals surface area contributed by atoms with Gasteiger partial charge in [0.1, 0.15) is 0 Å². The van der Waals surface area contributed by atoms with Gasteiger partial charge in [-0.3, -0.25) is 4.79 Å². The van der Waals surface area contributed by atoms with Crippen LogP contribution in [0.4, 0.5) is 30.7 Å². The first-order valence-corrected chi connectivity index (χ1v) is 6.84. The van der Waals surface area contributed by atoms with Gasteiger partial charge in [-0.1, -0.05) is 20.8 Å². The van der Waals surface area contributed by atoms with Crippen LogP contribution in [0.15, 0.2) is 11.3 Å². The fraction of sp³-hybridized carbons (Fsp3) is 0.786. The average molecular weight is 348 g/mol. The van der Waals surface area contributed by atoms with Gasteiger partial charge < -0.3 is 5.11 Å². The van der Waals surface area contributed by atoms with Gasteiger partial charge in [-0.25, -0.2) is 0 Å². The Bertz CT molecular complexity index is 588. The maximum atomic E-state index is 13.7. The van der Waals surface area contributed by atoms with Gasteiger partial charge in [0.25, 0.3) is 0 Å². The number of hydrogen-bond donors (Lipinski definition) is 1. The van der Waals surface area contributed by atoms with E-state index < -0.39 is 51.9 Å². The lowest BCUT2D eigenvalue weighted by Crippen LogP contribution is -2.53. The molecule has 2 fully saturated rings. The molecule has 2 rings (SSSR count). The van der Waals surface area contributed by atoms with Gasteiger partial charge in [-0.2, -0.15) is 30.7 Å². The van der Waals surface area contributed by atoms with Crippen LogP contribution in [0.3, 0.4) is 0 Å². The standard InChI is InChI=1S/C14H15F7O2/c1-10(2)6-4-5-11(10,3)8(22)7(6)9(23)12(15,16)13(17,18)14(19,20)21/h6,23H,4-5H2,1-3H3/b9-7-/t6-,11+/m0/s1. The molecule has 0 radical (unpaired) electrons. The second-order valence-corrected chi connectivity index (χ2v) is 6.88. The molecule has 2 saturated carbocycles. The topological polar surface area (TPSA) is 37.3 Å². The fourth-order valence-electron chi connectivity index (χ4n) is 3.64. The smallest absolute Gasteiger partial charge is 0.460 e. The molecule has 2 nitrogen and oxygen atoms in total. The molecule has 2 aliphatic rings. The number of halogens is 7. The number of carbonyl (C=O) groups excluding carboxylic acids is 1. The molecule has 9 heteroatoms. The Morgan fingerprint density at radius 1 is 1.09 bits per heavy atom. The van der Waals surface area contributed by atoms with Crippen LogP contribution in [0.25, 0.3) is 0 Å². The Labute approximate surface area is 127 Å². The van der Waals surface area contributed by atoms with E-state index >= 15 is 0 Å². The number of hydrogen-bond acceptors (Lipinski definition) is 2. The number of rotatable bonds is 2. The van der Waals surface area contributed by atoms with Crippen LogP contribution in [0.2, 0.25) is 0 Å². The van der Waals surface area contributed by atoms with Crippen LogP contribution in [0.5, 0.6) is 0 Å². The molecule has 2 aliphatic carbocycles. The second-order valence-electron chi connectivity index (χ2n) is 6.88. The molecule has 0 spiro atoms. The molecule has 0 unspecified atom stereocenters. The molecule has 132 valence electrons. The molecule has 0 aromatic heterocycles. The van der Waals surface area contributed by atoms with Crippen LogP contribution >= 0.6 is 0 Å². The van der Waals surface area contributed by atoms with Crippen molar-refractivity contribution in [2.75, 3.05) is 0 Å². The minimum Gasteiger partial charge on any atom is -0.506 e. The fourth-order valence-corrected chi connectivity index (χ4v) is 3.64. The summed E-state index contributed by atoms with van der Waals surface area (Å²) in [4.78, 5) is 12.3. The third-order valence-electron chi connectivity index (χ3n) is 5.62. The van der Waals surface area contributed by atoms with E-state index in [1.807, 2.05) is 0 Å². The van der Waals surface area contributed by atoms with Gasteiger partial charge in [0.15, 0.2) is 11.5 Å². The van der Waals surface area contributed by atoms with Gasteiger partial charge in [0.05, 0.1) is 0 Å². The lowest BCUT2D eigenvalue weighted by molar-refractivity contribution is -0.349. The van der Waals surface area contributed by atoms with E-state index in [2.05, 4.69) is 0 Å². The molecule has 0 aliphatic heterocycles. The number of alkyl halides is 7. The number of ketones is 1. The molecular weight excluding hydrogens is 333 g/mol. The van der Waals surface area contributed by atoms with Crippen LogP contribution in [0.1, 0.15) is 33.6 Å². The lowest BCUT2D eigenvalue weighted by Gasteiger charge is -2.31. The van der Waals surface area contributed by atoms with E-state index in [-0.39, 0.29) is 6.42 Å². The Hall–Kier alpha value is -1.28. The molecule has 2 bridgehead atoms. The first-order valence-electron chi connectivity index (χ1n) is 6.84. The summed E-state index contributed by atoms with van der Waals surface area (Å²) in [6.45, 7) is 4.53. The van der Waals surface area contributed by atoms with Gasteiger partial charge in [0.2, 0.25) is 0 Å². The molecule has 0 aromatic carbocycles. The SMILES string of the molecule is CC1(C)[C@H]2CC[C@]1(C)C(=O)/C2=C(\O)C(F)(F)C(F)(F)C(F)(F)F. The average Bonchev–Trinajstić information content (AvgIpc) is 2.68. The number of aliphatic hydroxyl groups excluding tert-OH is 1. The van der Waals surface area contributed by atoms with Crippen molar-refractivity contribution in [3.8, 4) is 0 Å². The largest absolute Gasteiger partial charge is 0.506 e. The highest BCUT2D eigenvalue weighted by Crippen LogP contribution is 2.67. The second kappa shape index (κ2) is 4.42. The van der Waals surface area contributed by atoms with Crippen molar-refractivity contribution in [3.63, 3.8) is 0 Å². The summed E-state index contributed by atoms with van der Waals surface area (Å²) < 4.78 is 90.3. The number of carbonyl (C=O) groups is 1. The Balaban J connectivity index is 2.62. The Morgan fingerprint density at radius 3 is 1.91 bits per heavy atom. The van der Waals surface area contributed by atoms with E-state index in [4.69, 9.17) is 0 Å². The monoisotopic (exact) mass is 348 g/mol. The zero-order chi connectivity index (χ0) is 18.2. The predicted molar refractivity (Wildman–Crippen MR) is 65.2 cm³/mol. The zero-order valence-electron chi connectivity index (χ0n) is 12.5. The highest BCUT2D eigenvalue weighted by Gasteiger charge is 2.76. The quantitative estimate of drug-likeness (QED) is 0.448. The molecule has 0 amide bonds. The van der Waals surface area contributed by atoms with Crippen LogP contribution in [-0.2, 0) is 4.79 Å². The van der Waals surface area contributed by atoms with Crippen molar-refractivity contribution in [1.82, 2.24) is 0 Å². The van der Waals surface area contributed by atoms with E-state index in [0.717, 1.165) is 0 Å². The maximum Gasteiger partial charge on any atom is 0.460 e. The van der Waals surface area contributed by atoms with Gasteiger partial charge in [-0.05, 0) is 24.2 Å². The minimum absolute atomic E-state index is 0.155. The molecular formula is C14H15F7O2. The van der Waals surface area contributed by atoms with Crippen LogP contribution < -0.4 is 0 Å². The van der Waals surface area contributed by atoms with Crippen molar-refractivity contribution < 1.29 is 40.6 Å². The summed E-state index contributed by atoms with van der Waals surface area (Å²) >= 11 is 0. The highest BCUT2D eigenvalue weighted by atomic mass is 19.4. The number of Topliss-reactive ketones (excluding diaryl/α,β-unsaturated/α-hetero) is 1. The van der Waals surface area contributed by atoms with E-state index in [9.17, 15) is 40.6 Å². The molecule has 0 aromatic rings. The molecule has 2 atom stereocenters. The molecule has 0 saturated heterocycles. The number of aliphatic hydroxyl groups is 1. The number of fused-ring (bicyclic) bond motifs is 2. The molecule has 1 N–H and O–H groups in total. The normalized spacial score (nSPS) is 33.3. The molecule has 0 heterocycles. The zero-order valence-corrected chi connectivity index (χ0v) is 12.5. The Kier molecular flexibility index (Phi) is 3.47. The van der Waals surface area contributed by atoms with Crippen molar-refractivity contribution in [2.24, 2.45) is 16.7 Å². The summed E-state index contributed by atoms with van der Waals surface area (Å²) in [6.07, 6.45) is -6.12. The number of allylic oxidation sites excluding steroid dienone is 2. The maximum absolute atomic E-state index is 13.7. The highest BCUT2D eigenvalue weighted by molar-refractivity contribution is 6.05. The summed E-state index contributed by atoms with van der Waals surface area (Å²) in [5.74, 6) is -16.8. The van der Waals surface area contributed by atoms with Gasteiger partial charge in [-0.15, -0.1) is 0 Å². The van der Waals surface area contributed by atoms with Crippen LogP contribution in [-0.4, -0.2) is 28.9 Å². The summed E-state index contributed by atoms with van der Waals surface area (Å²) in [7, 11) is 0. The van der Waals surface area contributed by atoms with Gasteiger partial charge >= 0.3 is 18.0 Å². The van der Waals surface area contributed by atoms with Crippen molar-refractivity contribution in [3.05, 3.63) is 11.3 Å². The van der Waals surface area contributed by atoms with E-state index in [1.165, 1.54) is 6.92 Å². The minimum atomic E-state index is -6.56. The Morgan fingerprint density at radius 2 is 1.57 bits per heavy atom. The third-order valence-corrected chi connectivity index (χ3v) is 5.62. The molecule has 23 heavy (non-hydrogen) atoms. The van der Waals surface area contributed by atoms with E-state index in [1.54, 1.807) is 13.8 Å². The van der Waals surface area contributed by atoms with E-state index in [0.29, 0.717) is 6.42 Å². The van der Waals surface area contributed by atoms with Crippen molar-refractivity contribution in [2.45, 2.75) is 51.6 Å².